The third-order valence-electron chi connectivity index (χ3n) is 3.87. The molecule has 0 saturated carbocycles. The van der Waals surface area contributed by atoms with Gasteiger partial charge in [0, 0.05) is 6.54 Å². The topological polar surface area (TPSA) is 78.8 Å². The molecule has 0 radical (unpaired) electrons. The minimum atomic E-state index is -0.518. The number of ether oxygens (including phenoxy) is 1. The summed E-state index contributed by atoms with van der Waals surface area (Å²) in [6.07, 6.45) is 6.65. The third kappa shape index (κ3) is 7.90. The van der Waals surface area contributed by atoms with Crippen molar-refractivity contribution in [1.29, 1.82) is 0 Å². The van der Waals surface area contributed by atoms with Gasteiger partial charge in [-0.3, -0.25) is 4.79 Å². The summed E-state index contributed by atoms with van der Waals surface area (Å²) in [6, 6.07) is 4.02. The molecule has 0 aliphatic carbocycles. The highest BCUT2D eigenvalue weighted by atomic mass is 16.5. The Bertz CT molecular complexity index is 631. The molecular formula is C20H29NO4. The molecule has 0 aliphatic heterocycles. The van der Waals surface area contributed by atoms with E-state index in [1.54, 1.807) is 6.07 Å². The number of phenolic OH excluding ortho intramolecular Hbond substituents is 2. The van der Waals surface area contributed by atoms with Gasteiger partial charge in [-0.2, -0.15) is 0 Å². The number of esters is 1. The molecule has 0 saturated heterocycles. The summed E-state index contributed by atoms with van der Waals surface area (Å²) < 4.78 is 4.85. The summed E-state index contributed by atoms with van der Waals surface area (Å²) in [5.41, 5.74) is 3.31. The van der Waals surface area contributed by atoms with Gasteiger partial charge in [0.25, 0.3) is 0 Å². The Balaban J connectivity index is 2.63. The Labute approximate surface area is 150 Å². The number of aromatic hydroxyl groups is 2. The lowest BCUT2D eigenvalue weighted by molar-refractivity contribution is -0.143. The van der Waals surface area contributed by atoms with E-state index in [9.17, 15) is 15.0 Å². The number of carbonyl (C=O) groups is 1. The Hall–Kier alpha value is -2.27. The first-order valence-electron chi connectivity index (χ1n) is 8.44. The fourth-order valence-electron chi connectivity index (χ4n) is 2.38. The van der Waals surface area contributed by atoms with Gasteiger partial charge in [0.05, 0.1) is 7.11 Å². The van der Waals surface area contributed by atoms with Gasteiger partial charge in [0.2, 0.25) is 0 Å². The molecule has 0 spiro atoms. The summed E-state index contributed by atoms with van der Waals surface area (Å²) >= 11 is 0. The highest BCUT2D eigenvalue weighted by molar-refractivity contribution is 5.76. The van der Waals surface area contributed by atoms with Crippen molar-refractivity contribution in [3.8, 4) is 11.5 Å². The summed E-state index contributed by atoms with van der Waals surface area (Å²) in [5.74, 6) is -0.736. The SMILES string of the molecule is COC(=O)[C@H](Cc1ccc(O)c(O)c1)NCC=C(C)CCC=C(C)C. The molecule has 0 amide bonds. The van der Waals surface area contributed by atoms with Crippen molar-refractivity contribution in [2.45, 2.75) is 46.1 Å². The molecule has 5 heteroatoms. The number of carbonyl (C=O) groups excluding carboxylic acids is 1. The van der Waals surface area contributed by atoms with Crippen molar-refractivity contribution in [3.63, 3.8) is 0 Å². The van der Waals surface area contributed by atoms with Crippen LogP contribution < -0.4 is 5.32 Å². The van der Waals surface area contributed by atoms with E-state index in [2.05, 4.69) is 38.2 Å². The number of rotatable bonds is 9. The van der Waals surface area contributed by atoms with Crippen molar-refractivity contribution >= 4 is 5.97 Å². The van der Waals surface area contributed by atoms with Crippen LogP contribution in [0.5, 0.6) is 11.5 Å². The number of benzene rings is 1. The zero-order chi connectivity index (χ0) is 18.8. The molecule has 0 aromatic heterocycles. The lowest BCUT2D eigenvalue weighted by Crippen LogP contribution is -2.39. The maximum atomic E-state index is 12.0. The lowest BCUT2D eigenvalue weighted by atomic mass is 10.0. The highest BCUT2D eigenvalue weighted by Crippen LogP contribution is 2.25. The van der Waals surface area contributed by atoms with E-state index < -0.39 is 6.04 Å². The van der Waals surface area contributed by atoms with E-state index in [4.69, 9.17) is 4.74 Å². The Morgan fingerprint density at radius 2 is 1.92 bits per heavy atom. The summed E-state index contributed by atoms with van der Waals surface area (Å²) in [4.78, 5) is 12.0. The molecule has 138 valence electrons. The number of phenols is 2. The van der Waals surface area contributed by atoms with Crippen LogP contribution in [0.1, 0.15) is 39.2 Å². The minimum absolute atomic E-state index is 0.179. The van der Waals surface area contributed by atoms with Gasteiger partial charge < -0.3 is 20.3 Å². The van der Waals surface area contributed by atoms with Crippen LogP contribution in [0.4, 0.5) is 0 Å². The predicted octanol–water partition coefficient (Wildman–Crippen LogP) is 3.46. The second-order valence-electron chi connectivity index (χ2n) is 6.38. The average Bonchev–Trinajstić information content (AvgIpc) is 2.56. The molecule has 1 aromatic carbocycles. The molecule has 5 nitrogen and oxygen atoms in total. The molecule has 0 heterocycles. The maximum Gasteiger partial charge on any atom is 0.323 e. The van der Waals surface area contributed by atoms with E-state index in [0.29, 0.717) is 13.0 Å². The molecule has 3 N–H and O–H groups in total. The van der Waals surface area contributed by atoms with Crippen LogP contribution in [-0.2, 0) is 16.0 Å². The molecule has 25 heavy (non-hydrogen) atoms. The standard InChI is InChI=1S/C20H29NO4/c1-14(2)6-5-7-15(3)10-11-21-17(20(24)25-4)12-16-8-9-18(22)19(23)13-16/h6,8-10,13,17,21-23H,5,7,11-12H2,1-4H3/t17-/m0/s1. The second-order valence-corrected chi connectivity index (χ2v) is 6.38. The number of allylic oxidation sites excluding steroid dienone is 3. The lowest BCUT2D eigenvalue weighted by Gasteiger charge is -2.16. The smallest absolute Gasteiger partial charge is 0.323 e. The first-order chi connectivity index (χ1) is 11.8. The van der Waals surface area contributed by atoms with E-state index in [-0.39, 0.29) is 17.5 Å². The van der Waals surface area contributed by atoms with Gasteiger partial charge in [-0.05, 0) is 57.7 Å². The first kappa shape index (κ1) is 20.8. The van der Waals surface area contributed by atoms with Gasteiger partial charge in [0.15, 0.2) is 11.5 Å². The number of hydrogen-bond donors (Lipinski definition) is 3. The summed E-state index contributed by atoms with van der Waals surface area (Å²) in [5, 5.41) is 22.1. The zero-order valence-corrected chi connectivity index (χ0v) is 15.5. The number of nitrogens with one attached hydrogen (secondary N) is 1. The van der Waals surface area contributed by atoms with Crippen LogP contribution in [0.25, 0.3) is 0 Å². The molecular weight excluding hydrogens is 318 g/mol. The van der Waals surface area contributed by atoms with Crippen LogP contribution in [0, 0.1) is 0 Å². The number of methoxy groups -OCH3 is 1. The van der Waals surface area contributed by atoms with E-state index in [0.717, 1.165) is 18.4 Å². The maximum absolute atomic E-state index is 12.0. The van der Waals surface area contributed by atoms with Gasteiger partial charge in [-0.1, -0.05) is 29.4 Å². The quantitative estimate of drug-likeness (QED) is 0.362. The second kappa shape index (κ2) is 10.6. The van der Waals surface area contributed by atoms with Crippen molar-refractivity contribution in [3.05, 3.63) is 47.1 Å². The highest BCUT2D eigenvalue weighted by Gasteiger charge is 2.19. The summed E-state index contributed by atoms with van der Waals surface area (Å²) in [7, 11) is 1.35. The van der Waals surface area contributed by atoms with Crippen molar-refractivity contribution < 1.29 is 19.7 Å². The molecule has 0 fully saturated rings. The van der Waals surface area contributed by atoms with Crippen molar-refractivity contribution in [1.82, 2.24) is 5.32 Å². The molecule has 1 aromatic rings. The molecule has 1 atom stereocenters. The monoisotopic (exact) mass is 347 g/mol. The predicted molar refractivity (Wildman–Crippen MR) is 99.7 cm³/mol. The van der Waals surface area contributed by atoms with Gasteiger partial charge in [-0.25, -0.2) is 0 Å². The van der Waals surface area contributed by atoms with Gasteiger partial charge >= 0.3 is 5.97 Å². The van der Waals surface area contributed by atoms with E-state index >= 15 is 0 Å². The first-order valence-corrected chi connectivity index (χ1v) is 8.44. The van der Waals surface area contributed by atoms with Gasteiger partial charge in [-0.15, -0.1) is 0 Å². The fraction of sp³-hybridized carbons (Fsp3) is 0.450. The minimum Gasteiger partial charge on any atom is -0.504 e. The van der Waals surface area contributed by atoms with Gasteiger partial charge in [0.1, 0.15) is 6.04 Å². The third-order valence-corrected chi connectivity index (χ3v) is 3.87. The molecule has 0 unspecified atom stereocenters. The van der Waals surface area contributed by atoms with E-state index in [1.807, 2.05) is 0 Å². The van der Waals surface area contributed by atoms with Crippen LogP contribution in [-0.4, -0.2) is 35.9 Å². The Morgan fingerprint density at radius 3 is 2.52 bits per heavy atom. The van der Waals surface area contributed by atoms with Crippen LogP contribution in [0.15, 0.2) is 41.5 Å². The number of hydrogen-bond acceptors (Lipinski definition) is 5. The summed E-state index contributed by atoms with van der Waals surface area (Å²) in [6.45, 7) is 6.81. The van der Waals surface area contributed by atoms with Crippen molar-refractivity contribution in [2.75, 3.05) is 13.7 Å². The molecule has 1 rings (SSSR count). The normalized spacial score (nSPS) is 12.6. The largest absolute Gasteiger partial charge is 0.504 e. The molecule has 0 bridgehead atoms. The zero-order valence-electron chi connectivity index (χ0n) is 15.5. The van der Waals surface area contributed by atoms with Crippen LogP contribution in [0.2, 0.25) is 0 Å². The van der Waals surface area contributed by atoms with E-state index in [1.165, 1.54) is 30.4 Å². The fourth-order valence-corrected chi connectivity index (χ4v) is 2.38. The van der Waals surface area contributed by atoms with Crippen molar-refractivity contribution in [2.24, 2.45) is 0 Å². The Kier molecular flexibility index (Phi) is 8.78. The Morgan fingerprint density at radius 1 is 1.20 bits per heavy atom. The average molecular weight is 347 g/mol. The molecule has 0 aliphatic rings. The van der Waals surface area contributed by atoms with Crippen LogP contribution >= 0.6 is 0 Å². The van der Waals surface area contributed by atoms with Crippen LogP contribution in [0.3, 0.4) is 0 Å².